The summed E-state index contributed by atoms with van der Waals surface area (Å²) in [6.45, 7) is 5.50. The summed E-state index contributed by atoms with van der Waals surface area (Å²) in [4.78, 5) is 22.8. The number of ether oxygens (including phenoxy) is 3. The number of nitrogens with two attached hydrogens (primary N) is 1. The highest BCUT2D eigenvalue weighted by molar-refractivity contribution is 5.90. The van der Waals surface area contributed by atoms with E-state index in [9.17, 15) is 9.90 Å². The number of hydrogen-bond donors (Lipinski definition) is 2. The summed E-state index contributed by atoms with van der Waals surface area (Å²) in [5.74, 6) is 7.63. The number of likely N-dealkylation sites (tertiary alicyclic amines) is 1. The lowest BCUT2D eigenvalue weighted by molar-refractivity contribution is 0.0172. The molecular weight excluding hydrogens is 464 g/mol. The monoisotopic (exact) mass is 494 g/mol. The maximum atomic E-state index is 12.8. The molecule has 4 rings (SSSR count). The molecule has 1 saturated heterocycles. The molecule has 36 heavy (non-hydrogen) atoms. The normalized spacial score (nSPS) is 17.6. The SMILES string of the molecule is COc1cc(C#Cc2nn(C3CC(CO)N(C(=O)OC(C)(C)C)C3)c3ncnc(N)c23)cc(OC)c1. The van der Waals surface area contributed by atoms with Gasteiger partial charge in [0.1, 0.15) is 34.9 Å². The van der Waals surface area contributed by atoms with Gasteiger partial charge in [-0.1, -0.05) is 5.92 Å². The number of methoxy groups -OCH3 is 2. The molecule has 11 heteroatoms. The van der Waals surface area contributed by atoms with Gasteiger partial charge in [0, 0.05) is 18.2 Å². The molecule has 2 aromatic heterocycles. The van der Waals surface area contributed by atoms with Crippen molar-refractivity contribution in [1.82, 2.24) is 24.6 Å². The lowest BCUT2D eigenvalue weighted by Gasteiger charge is -2.27. The van der Waals surface area contributed by atoms with Crippen molar-refractivity contribution in [2.75, 3.05) is 33.1 Å². The van der Waals surface area contributed by atoms with E-state index >= 15 is 0 Å². The van der Waals surface area contributed by atoms with Gasteiger partial charge in [0.2, 0.25) is 0 Å². The molecule has 11 nitrogen and oxygen atoms in total. The quantitative estimate of drug-likeness (QED) is 0.524. The summed E-state index contributed by atoms with van der Waals surface area (Å²) in [6, 6.07) is 4.66. The van der Waals surface area contributed by atoms with Gasteiger partial charge in [0.15, 0.2) is 5.65 Å². The van der Waals surface area contributed by atoms with Crippen LogP contribution in [-0.2, 0) is 4.74 Å². The Kier molecular flexibility index (Phi) is 6.90. The van der Waals surface area contributed by atoms with Gasteiger partial charge in [0.05, 0.1) is 38.3 Å². The molecule has 1 aliphatic rings. The lowest BCUT2D eigenvalue weighted by Crippen LogP contribution is -2.41. The van der Waals surface area contributed by atoms with E-state index in [1.54, 1.807) is 57.9 Å². The fourth-order valence-electron chi connectivity index (χ4n) is 4.13. The van der Waals surface area contributed by atoms with Crippen LogP contribution in [0.2, 0.25) is 0 Å². The minimum atomic E-state index is -0.652. The summed E-state index contributed by atoms with van der Waals surface area (Å²) in [7, 11) is 3.14. The zero-order chi connectivity index (χ0) is 26.0. The van der Waals surface area contributed by atoms with Crippen molar-refractivity contribution >= 4 is 22.9 Å². The molecule has 0 bridgehead atoms. The highest BCUT2D eigenvalue weighted by Gasteiger charge is 2.39. The van der Waals surface area contributed by atoms with E-state index in [0.717, 1.165) is 0 Å². The summed E-state index contributed by atoms with van der Waals surface area (Å²) in [5, 5.41) is 15.2. The second kappa shape index (κ2) is 9.91. The Hall–Kier alpha value is -4.04. The van der Waals surface area contributed by atoms with Crippen LogP contribution in [-0.4, -0.2) is 74.9 Å². The molecule has 3 N–H and O–H groups in total. The Labute approximate surface area is 209 Å². The number of nitrogens with zero attached hydrogens (tertiary/aromatic N) is 5. The second-order valence-corrected chi connectivity index (χ2v) is 9.46. The predicted octanol–water partition coefficient (Wildman–Crippen LogP) is 2.37. The van der Waals surface area contributed by atoms with Crippen LogP contribution in [0.25, 0.3) is 11.0 Å². The fraction of sp³-hybridized carbons (Fsp3) is 0.440. The first-order chi connectivity index (χ1) is 17.1. The third-order valence-electron chi connectivity index (χ3n) is 5.77. The fourth-order valence-corrected chi connectivity index (χ4v) is 4.13. The molecule has 1 amide bonds. The number of rotatable bonds is 4. The van der Waals surface area contributed by atoms with Crippen molar-refractivity contribution in [3.63, 3.8) is 0 Å². The van der Waals surface area contributed by atoms with Crippen molar-refractivity contribution in [2.24, 2.45) is 0 Å². The standard InChI is InChI=1S/C25H30N6O5/c1-25(2,3)36-24(33)30-12-16(10-17(30)13-32)31-23-21(22(26)27-14-28-23)20(29-31)7-6-15-8-18(34-4)11-19(9-15)35-5/h8-9,11,14,16-17,32H,10,12-13H2,1-5H3,(H2,26,27,28). The highest BCUT2D eigenvalue weighted by atomic mass is 16.6. The molecule has 1 fully saturated rings. The van der Waals surface area contributed by atoms with Gasteiger partial charge in [-0.2, -0.15) is 5.10 Å². The first-order valence-electron chi connectivity index (χ1n) is 11.5. The minimum Gasteiger partial charge on any atom is -0.497 e. The van der Waals surface area contributed by atoms with Crippen LogP contribution in [0.1, 0.15) is 44.5 Å². The number of anilines is 1. The Morgan fingerprint density at radius 3 is 2.47 bits per heavy atom. The number of aromatic nitrogens is 4. The lowest BCUT2D eigenvalue weighted by atomic mass is 10.2. The van der Waals surface area contributed by atoms with E-state index in [0.29, 0.717) is 46.8 Å². The Balaban J connectivity index is 1.72. The number of amides is 1. The van der Waals surface area contributed by atoms with Gasteiger partial charge in [-0.05, 0) is 45.2 Å². The second-order valence-electron chi connectivity index (χ2n) is 9.46. The predicted molar refractivity (Wildman–Crippen MR) is 133 cm³/mol. The number of benzene rings is 1. The van der Waals surface area contributed by atoms with E-state index in [1.165, 1.54) is 11.2 Å². The maximum Gasteiger partial charge on any atom is 0.410 e. The summed E-state index contributed by atoms with van der Waals surface area (Å²) in [5.41, 5.74) is 7.11. The van der Waals surface area contributed by atoms with Crippen LogP contribution in [0, 0.1) is 11.8 Å². The van der Waals surface area contributed by atoms with Crippen LogP contribution < -0.4 is 15.2 Å². The van der Waals surface area contributed by atoms with E-state index in [4.69, 9.17) is 25.0 Å². The number of fused-ring (bicyclic) bond motifs is 1. The molecule has 2 atom stereocenters. The van der Waals surface area contributed by atoms with Gasteiger partial charge in [-0.3, -0.25) is 0 Å². The molecule has 190 valence electrons. The van der Waals surface area contributed by atoms with Crippen LogP contribution in [0.5, 0.6) is 11.5 Å². The highest BCUT2D eigenvalue weighted by Crippen LogP contribution is 2.32. The van der Waals surface area contributed by atoms with E-state index in [1.807, 2.05) is 0 Å². The molecule has 1 aliphatic heterocycles. The van der Waals surface area contributed by atoms with Crippen molar-refractivity contribution in [1.29, 1.82) is 0 Å². The van der Waals surface area contributed by atoms with Gasteiger partial charge >= 0.3 is 6.09 Å². The first-order valence-corrected chi connectivity index (χ1v) is 11.5. The summed E-state index contributed by atoms with van der Waals surface area (Å²) in [6.07, 6.45) is 1.35. The molecule has 2 unspecified atom stereocenters. The van der Waals surface area contributed by atoms with Crippen molar-refractivity contribution in [2.45, 2.75) is 44.9 Å². The van der Waals surface area contributed by atoms with Gasteiger partial charge in [0.25, 0.3) is 0 Å². The van der Waals surface area contributed by atoms with Crippen LogP contribution in [0.4, 0.5) is 10.6 Å². The van der Waals surface area contributed by atoms with Crippen molar-refractivity contribution in [3.8, 4) is 23.3 Å². The van der Waals surface area contributed by atoms with Crippen LogP contribution in [0.3, 0.4) is 0 Å². The van der Waals surface area contributed by atoms with Gasteiger partial charge < -0.3 is 30.0 Å². The van der Waals surface area contributed by atoms with Gasteiger partial charge in [-0.15, -0.1) is 0 Å². The topological polar surface area (TPSA) is 138 Å². The van der Waals surface area contributed by atoms with Crippen molar-refractivity contribution in [3.05, 3.63) is 35.8 Å². The van der Waals surface area contributed by atoms with Crippen LogP contribution >= 0.6 is 0 Å². The molecule has 0 spiro atoms. The summed E-state index contributed by atoms with van der Waals surface area (Å²) < 4.78 is 17.9. The number of hydrogen-bond acceptors (Lipinski definition) is 9. The Bertz CT molecular complexity index is 1310. The van der Waals surface area contributed by atoms with Crippen LogP contribution in [0.15, 0.2) is 24.5 Å². The molecule has 0 radical (unpaired) electrons. The third kappa shape index (κ3) is 5.13. The maximum absolute atomic E-state index is 12.8. The largest absolute Gasteiger partial charge is 0.497 e. The van der Waals surface area contributed by atoms with Crippen molar-refractivity contribution < 1.29 is 24.1 Å². The number of carbonyl (C=O) groups excluding carboxylic acids is 1. The number of aliphatic hydroxyl groups excluding tert-OH is 1. The average Bonchev–Trinajstić information content (AvgIpc) is 3.43. The van der Waals surface area contributed by atoms with E-state index in [-0.39, 0.29) is 18.5 Å². The first kappa shape index (κ1) is 25.1. The molecule has 3 heterocycles. The van der Waals surface area contributed by atoms with E-state index in [2.05, 4.69) is 21.8 Å². The molecule has 1 aromatic carbocycles. The Morgan fingerprint density at radius 2 is 1.86 bits per heavy atom. The zero-order valence-electron chi connectivity index (χ0n) is 21.0. The minimum absolute atomic E-state index is 0.198. The third-order valence-corrected chi connectivity index (χ3v) is 5.77. The number of nitrogen functional groups attached to an aromatic ring is 1. The Morgan fingerprint density at radius 1 is 1.17 bits per heavy atom. The zero-order valence-corrected chi connectivity index (χ0v) is 21.0. The molecular formula is C25H30N6O5. The average molecular weight is 495 g/mol. The molecule has 0 saturated carbocycles. The number of carbonyl (C=O) groups is 1. The number of aliphatic hydroxyl groups is 1. The van der Waals surface area contributed by atoms with E-state index < -0.39 is 17.7 Å². The van der Waals surface area contributed by atoms with Gasteiger partial charge in [-0.25, -0.2) is 19.4 Å². The summed E-state index contributed by atoms with van der Waals surface area (Å²) >= 11 is 0. The smallest absolute Gasteiger partial charge is 0.410 e. The molecule has 3 aromatic rings. The molecule has 0 aliphatic carbocycles.